The number of hydrogen-bond acceptors (Lipinski definition) is 4. The number of unbranched alkanes of at least 4 members (excludes halogenated alkanes) is 2. The highest BCUT2D eigenvalue weighted by molar-refractivity contribution is 7.13. The Balaban J connectivity index is 1.64. The second kappa shape index (κ2) is 9.78. The van der Waals surface area contributed by atoms with Gasteiger partial charge in [0.2, 0.25) is 0 Å². The average Bonchev–Trinajstić information content (AvgIpc) is 3.16. The van der Waals surface area contributed by atoms with Crippen molar-refractivity contribution >= 4 is 22.8 Å². The molecule has 1 aliphatic heterocycles. The smallest absolute Gasteiger partial charge is 0.389 e. The van der Waals surface area contributed by atoms with Gasteiger partial charge in [-0.1, -0.05) is 12.1 Å². The Morgan fingerprint density at radius 2 is 1.88 bits per heavy atom. The fourth-order valence-electron chi connectivity index (χ4n) is 3.75. The highest BCUT2D eigenvalue weighted by Crippen LogP contribution is 2.40. The Morgan fingerprint density at radius 3 is 2.47 bits per heavy atom. The van der Waals surface area contributed by atoms with Crippen molar-refractivity contribution in [2.24, 2.45) is 0 Å². The summed E-state index contributed by atoms with van der Waals surface area (Å²) in [6.07, 6.45) is -3.26. The third-order valence-electron chi connectivity index (χ3n) is 5.46. The summed E-state index contributed by atoms with van der Waals surface area (Å²) >= 11 is 1.56. The quantitative estimate of drug-likeness (QED) is 0.470. The molecule has 1 aromatic carbocycles. The SMILES string of the molecule is Cc1ccc(C2=C(C#N)C(=O)N[C@](C)(c3ccc(OCCCCCC(F)(F)F)cc3)C2)s1. The molecule has 0 aliphatic carbocycles. The van der Waals surface area contributed by atoms with E-state index < -0.39 is 18.1 Å². The first-order valence-electron chi connectivity index (χ1n) is 10.4. The molecule has 8 heteroatoms. The summed E-state index contributed by atoms with van der Waals surface area (Å²) in [5, 5.41) is 12.5. The number of ether oxygens (including phenoxy) is 1. The molecule has 0 saturated carbocycles. The first-order chi connectivity index (χ1) is 15.1. The molecule has 4 nitrogen and oxygen atoms in total. The van der Waals surface area contributed by atoms with E-state index >= 15 is 0 Å². The predicted octanol–water partition coefficient (Wildman–Crippen LogP) is 6.27. The monoisotopic (exact) mass is 462 g/mol. The van der Waals surface area contributed by atoms with Gasteiger partial charge >= 0.3 is 6.18 Å². The van der Waals surface area contributed by atoms with Crippen LogP contribution in [-0.2, 0) is 10.3 Å². The van der Waals surface area contributed by atoms with E-state index in [9.17, 15) is 23.2 Å². The second-order valence-electron chi connectivity index (χ2n) is 8.14. The Bertz CT molecular complexity index is 1030. The van der Waals surface area contributed by atoms with Crippen molar-refractivity contribution in [3.8, 4) is 11.8 Å². The molecule has 0 fully saturated rings. The maximum absolute atomic E-state index is 12.7. The molecule has 0 saturated heterocycles. The van der Waals surface area contributed by atoms with E-state index in [-0.39, 0.29) is 17.9 Å². The van der Waals surface area contributed by atoms with E-state index in [1.807, 2.05) is 44.2 Å². The lowest BCUT2D eigenvalue weighted by molar-refractivity contribution is -0.135. The van der Waals surface area contributed by atoms with Crippen LogP contribution < -0.4 is 10.1 Å². The zero-order valence-corrected chi connectivity index (χ0v) is 18.8. The van der Waals surface area contributed by atoms with Gasteiger partial charge in [0.25, 0.3) is 5.91 Å². The summed E-state index contributed by atoms with van der Waals surface area (Å²) in [7, 11) is 0. The normalized spacial score (nSPS) is 18.9. The molecular weight excluding hydrogens is 437 g/mol. The number of hydrogen-bond donors (Lipinski definition) is 1. The fourth-order valence-corrected chi connectivity index (χ4v) is 4.67. The van der Waals surface area contributed by atoms with E-state index in [0.29, 0.717) is 31.6 Å². The molecule has 0 bridgehead atoms. The van der Waals surface area contributed by atoms with Crippen molar-refractivity contribution < 1.29 is 22.7 Å². The number of rotatable bonds is 8. The molecule has 32 heavy (non-hydrogen) atoms. The standard InChI is InChI=1S/C24H25F3N2O2S/c1-16-6-11-21(32-16)19-14-23(2,29-22(30)20(19)15-28)17-7-9-18(10-8-17)31-13-5-3-4-12-24(25,26)27/h6-11H,3-5,12-14H2,1-2H3,(H,29,30)/t23-/m0/s1. The number of benzene rings is 1. The van der Waals surface area contributed by atoms with Crippen LogP contribution in [0.1, 0.15) is 54.3 Å². The number of nitrogens with one attached hydrogen (secondary N) is 1. The molecule has 0 spiro atoms. The molecule has 3 rings (SSSR count). The Labute approximate surface area is 189 Å². The van der Waals surface area contributed by atoms with Crippen LogP contribution in [-0.4, -0.2) is 18.7 Å². The minimum Gasteiger partial charge on any atom is -0.494 e. The molecule has 2 heterocycles. The molecule has 1 aliphatic rings. The molecular formula is C24H25F3N2O2S. The number of nitrogens with zero attached hydrogens (tertiary/aromatic N) is 1. The topological polar surface area (TPSA) is 62.1 Å². The lowest BCUT2D eigenvalue weighted by atomic mass is 9.80. The Kier molecular flexibility index (Phi) is 7.29. The van der Waals surface area contributed by atoms with Crippen LogP contribution in [0.2, 0.25) is 0 Å². The number of alkyl halides is 3. The number of amides is 1. The van der Waals surface area contributed by atoms with E-state index in [1.165, 1.54) is 0 Å². The number of carbonyl (C=O) groups is 1. The predicted molar refractivity (Wildman–Crippen MR) is 118 cm³/mol. The number of aryl methyl sites for hydroxylation is 1. The van der Waals surface area contributed by atoms with Gasteiger partial charge in [-0.15, -0.1) is 11.3 Å². The second-order valence-corrected chi connectivity index (χ2v) is 9.43. The molecule has 1 atom stereocenters. The third kappa shape index (κ3) is 5.92. The summed E-state index contributed by atoms with van der Waals surface area (Å²) in [6.45, 7) is 4.26. The zero-order chi connectivity index (χ0) is 23.4. The third-order valence-corrected chi connectivity index (χ3v) is 6.52. The van der Waals surface area contributed by atoms with Crippen molar-refractivity contribution in [1.29, 1.82) is 5.26 Å². The van der Waals surface area contributed by atoms with Gasteiger partial charge in [0.1, 0.15) is 17.4 Å². The number of thiophene rings is 1. The molecule has 1 amide bonds. The van der Waals surface area contributed by atoms with Gasteiger partial charge < -0.3 is 10.1 Å². The summed E-state index contributed by atoms with van der Waals surface area (Å²) in [4.78, 5) is 14.7. The van der Waals surface area contributed by atoms with Crippen molar-refractivity contribution in [2.75, 3.05) is 6.61 Å². The van der Waals surface area contributed by atoms with E-state index in [0.717, 1.165) is 20.9 Å². The van der Waals surface area contributed by atoms with Gasteiger partial charge in [-0.25, -0.2) is 0 Å². The van der Waals surface area contributed by atoms with E-state index in [4.69, 9.17) is 4.74 Å². The van der Waals surface area contributed by atoms with Crippen LogP contribution in [0.3, 0.4) is 0 Å². The minimum absolute atomic E-state index is 0.105. The van der Waals surface area contributed by atoms with Gasteiger partial charge in [-0.2, -0.15) is 18.4 Å². The number of carbonyl (C=O) groups excluding carboxylic acids is 1. The highest BCUT2D eigenvalue weighted by atomic mass is 32.1. The van der Waals surface area contributed by atoms with Crippen LogP contribution in [0, 0.1) is 18.3 Å². The number of halogens is 3. The van der Waals surface area contributed by atoms with Crippen molar-refractivity contribution in [1.82, 2.24) is 5.32 Å². The van der Waals surface area contributed by atoms with Crippen molar-refractivity contribution in [2.45, 2.75) is 57.7 Å². The van der Waals surface area contributed by atoms with Crippen LogP contribution >= 0.6 is 11.3 Å². The van der Waals surface area contributed by atoms with Crippen LogP contribution in [0.25, 0.3) is 5.57 Å². The van der Waals surface area contributed by atoms with Gasteiger partial charge in [0.15, 0.2) is 0 Å². The lowest BCUT2D eigenvalue weighted by Crippen LogP contribution is -2.47. The lowest BCUT2D eigenvalue weighted by Gasteiger charge is -2.36. The van der Waals surface area contributed by atoms with Crippen LogP contribution in [0.4, 0.5) is 13.2 Å². The molecule has 170 valence electrons. The van der Waals surface area contributed by atoms with Crippen LogP contribution in [0.5, 0.6) is 5.75 Å². The molecule has 1 N–H and O–H groups in total. The molecule has 2 aromatic rings. The van der Waals surface area contributed by atoms with Gasteiger partial charge in [-0.05, 0) is 68.5 Å². The van der Waals surface area contributed by atoms with Gasteiger partial charge in [0.05, 0.1) is 12.1 Å². The first-order valence-corrected chi connectivity index (χ1v) is 11.3. The summed E-state index contributed by atoms with van der Waals surface area (Å²) in [5.41, 5.74) is 1.10. The molecule has 1 aromatic heterocycles. The number of nitriles is 1. The summed E-state index contributed by atoms with van der Waals surface area (Å²) in [5.74, 6) is 0.235. The average molecular weight is 463 g/mol. The molecule has 0 unspecified atom stereocenters. The summed E-state index contributed by atoms with van der Waals surface area (Å²) < 4.78 is 42.1. The molecule has 0 radical (unpaired) electrons. The maximum Gasteiger partial charge on any atom is 0.389 e. The first kappa shape index (κ1) is 23.9. The Hall–Kier alpha value is -2.79. The fraction of sp³-hybridized carbons (Fsp3) is 0.417. The van der Waals surface area contributed by atoms with E-state index in [1.54, 1.807) is 23.5 Å². The summed E-state index contributed by atoms with van der Waals surface area (Å²) in [6, 6.07) is 13.3. The highest BCUT2D eigenvalue weighted by Gasteiger charge is 2.38. The van der Waals surface area contributed by atoms with Crippen molar-refractivity contribution in [3.05, 3.63) is 57.3 Å². The van der Waals surface area contributed by atoms with Crippen molar-refractivity contribution in [3.63, 3.8) is 0 Å². The maximum atomic E-state index is 12.7. The Morgan fingerprint density at radius 1 is 1.16 bits per heavy atom. The van der Waals surface area contributed by atoms with Crippen LogP contribution in [0.15, 0.2) is 42.0 Å². The largest absolute Gasteiger partial charge is 0.494 e. The van der Waals surface area contributed by atoms with Gasteiger partial charge in [-0.3, -0.25) is 4.79 Å². The van der Waals surface area contributed by atoms with E-state index in [2.05, 4.69) is 5.32 Å². The van der Waals surface area contributed by atoms with Gasteiger partial charge in [0, 0.05) is 22.6 Å². The zero-order valence-electron chi connectivity index (χ0n) is 18.0. The minimum atomic E-state index is -4.10.